The van der Waals surface area contributed by atoms with Gasteiger partial charge in [0.05, 0.1) is 0 Å². The third-order valence-electron chi connectivity index (χ3n) is 6.03. The molecular weight excluding hydrogens is 576 g/mol. The molecule has 0 amide bonds. The molecule has 0 aromatic heterocycles. The lowest BCUT2D eigenvalue weighted by atomic mass is 10.2. The number of aliphatic hydroxyl groups is 1. The van der Waals surface area contributed by atoms with Crippen molar-refractivity contribution in [2.24, 2.45) is 0 Å². The quantitative estimate of drug-likeness (QED) is 0.0717. The minimum atomic E-state index is -6.26. The smallest absolute Gasteiger partial charge is 0.367 e. The molecule has 0 aliphatic rings. The van der Waals surface area contributed by atoms with Crippen LogP contribution in [0.3, 0.4) is 0 Å². The van der Waals surface area contributed by atoms with Crippen molar-refractivity contribution in [2.45, 2.75) is 75.4 Å². The zero-order valence-corrected chi connectivity index (χ0v) is 25.4. The molecule has 0 heterocycles. The normalized spacial score (nSPS) is 17.2. The fourth-order valence-electron chi connectivity index (χ4n) is 3.50. The highest BCUT2D eigenvalue weighted by atomic mass is 31.3. The molecule has 0 radical (unpaired) electrons. The molecular formula is C18H44N2O13P4. The van der Waals surface area contributed by atoms with Crippen LogP contribution < -0.4 is 0 Å². The van der Waals surface area contributed by atoms with Gasteiger partial charge in [-0.1, -0.05) is 39.5 Å². The van der Waals surface area contributed by atoms with Crippen molar-refractivity contribution in [1.82, 2.24) is 9.80 Å². The Morgan fingerprint density at radius 1 is 0.622 bits per heavy atom. The summed E-state index contributed by atoms with van der Waals surface area (Å²) < 4.78 is 54.7. The van der Waals surface area contributed by atoms with Crippen LogP contribution >= 0.6 is 30.4 Å². The van der Waals surface area contributed by atoms with Gasteiger partial charge >= 0.3 is 30.4 Å². The van der Waals surface area contributed by atoms with Gasteiger partial charge in [0.25, 0.3) is 10.2 Å². The van der Waals surface area contributed by atoms with E-state index in [4.69, 9.17) is 0 Å². The Balaban J connectivity index is 6.31. The molecule has 0 aromatic carbocycles. The first kappa shape index (κ1) is 37.5. The molecule has 0 aliphatic carbocycles. The second kappa shape index (κ2) is 14.9. The Bertz CT molecular complexity index is 867. The first-order valence-corrected chi connectivity index (χ1v) is 18.3. The standard InChI is InChI=1S/C18H44N2O13P4/c1-5-7-9-13-19(3)15-11-17(21,34(22,23)24)37(31,32)33-18(35(25,26)27,36(28,29)30)12-16-20(4)14-10-8-6-2/h21H,5-16H2,1-4H3,(H,31,32)(H2,22,23,24)(H2,25,26,27)(H2,28,29,30). The number of unbranched alkanes of at least 4 members (excludes halogenated alkanes) is 4. The lowest BCUT2D eigenvalue weighted by Crippen LogP contribution is -2.41. The SMILES string of the molecule is CCCCCN(C)CCC(OP(=O)(O)C(O)(CCN(C)CCCCC)P(=O)(O)O)(P(=O)(O)O)P(=O)(O)O. The number of nitrogens with zero attached hydrogens (tertiary/aromatic N) is 2. The van der Waals surface area contributed by atoms with Crippen molar-refractivity contribution in [3.8, 4) is 0 Å². The van der Waals surface area contributed by atoms with E-state index in [1.165, 1.54) is 23.9 Å². The molecule has 0 aromatic rings. The van der Waals surface area contributed by atoms with E-state index in [0.717, 1.165) is 25.7 Å². The van der Waals surface area contributed by atoms with Gasteiger partial charge in [0.1, 0.15) is 0 Å². The second-order valence-corrected chi connectivity index (χ2v) is 17.4. The van der Waals surface area contributed by atoms with Crippen LogP contribution in [0.2, 0.25) is 0 Å². The maximum Gasteiger partial charge on any atom is 0.373 e. The van der Waals surface area contributed by atoms with Crippen LogP contribution in [0.5, 0.6) is 0 Å². The van der Waals surface area contributed by atoms with Gasteiger partial charge < -0.3 is 49.2 Å². The summed E-state index contributed by atoms with van der Waals surface area (Å²) in [6.07, 6.45) is 2.42. The summed E-state index contributed by atoms with van der Waals surface area (Å²) >= 11 is 0. The van der Waals surface area contributed by atoms with Crippen LogP contribution in [0.1, 0.15) is 65.2 Å². The number of hydrogen-bond acceptors (Lipinski definition) is 8. The van der Waals surface area contributed by atoms with Crippen molar-refractivity contribution in [1.29, 1.82) is 0 Å². The molecule has 2 unspecified atom stereocenters. The van der Waals surface area contributed by atoms with Gasteiger partial charge in [0.15, 0.2) is 0 Å². The molecule has 37 heavy (non-hydrogen) atoms. The highest BCUT2D eigenvalue weighted by molar-refractivity contribution is 7.75. The highest BCUT2D eigenvalue weighted by Gasteiger charge is 2.70. The first-order chi connectivity index (χ1) is 16.6. The Kier molecular flexibility index (Phi) is 15.1. The van der Waals surface area contributed by atoms with Crippen LogP contribution in [0, 0.1) is 0 Å². The van der Waals surface area contributed by atoms with Gasteiger partial charge in [-0.2, -0.15) is 0 Å². The number of rotatable bonds is 20. The van der Waals surface area contributed by atoms with E-state index in [1.807, 2.05) is 13.8 Å². The molecule has 0 fully saturated rings. The molecule has 224 valence electrons. The van der Waals surface area contributed by atoms with Crippen molar-refractivity contribution in [3.05, 3.63) is 0 Å². The molecule has 0 rings (SSSR count). The second-order valence-electron chi connectivity index (χ2n) is 9.28. The van der Waals surface area contributed by atoms with Crippen LogP contribution in [0.4, 0.5) is 0 Å². The lowest BCUT2D eigenvalue weighted by molar-refractivity contribution is 0.0668. The van der Waals surface area contributed by atoms with Crippen molar-refractivity contribution in [2.75, 3.05) is 40.3 Å². The zero-order chi connectivity index (χ0) is 29.3. The topological polar surface area (TPSA) is 246 Å². The summed E-state index contributed by atoms with van der Waals surface area (Å²) in [4.78, 5) is 72.8. The monoisotopic (exact) mass is 620 g/mol. The summed E-state index contributed by atoms with van der Waals surface area (Å²) in [5.74, 6) is 0. The number of hydrogen-bond donors (Lipinski definition) is 8. The van der Waals surface area contributed by atoms with E-state index < -0.39 is 59.9 Å². The van der Waals surface area contributed by atoms with E-state index in [0.29, 0.717) is 25.9 Å². The van der Waals surface area contributed by atoms with Gasteiger partial charge in [-0.3, -0.25) is 22.8 Å². The average Bonchev–Trinajstić information content (AvgIpc) is 2.72. The van der Waals surface area contributed by atoms with E-state index in [9.17, 15) is 57.6 Å². The summed E-state index contributed by atoms with van der Waals surface area (Å²) in [5.41, 5.74) is 0. The fraction of sp³-hybridized carbons (Fsp3) is 1.00. The van der Waals surface area contributed by atoms with E-state index >= 15 is 0 Å². The Hall–Kier alpha value is 0.480. The van der Waals surface area contributed by atoms with Gasteiger partial charge in [-0.05, 0) is 40.0 Å². The fourth-order valence-corrected chi connectivity index (χ4v) is 10.0. The minimum absolute atomic E-state index is 0.349. The molecule has 0 saturated carbocycles. The molecule has 2 atom stereocenters. The van der Waals surface area contributed by atoms with Gasteiger partial charge in [0.2, 0.25) is 0 Å². The van der Waals surface area contributed by atoms with Crippen LogP contribution in [0.25, 0.3) is 0 Å². The third kappa shape index (κ3) is 10.4. The van der Waals surface area contributed by atoms with E-state index in [-0.39, 0.29) is 6.54 Å². The summed E-state index contributed by atoms with van der Waals surface area (Å²) in [6.45, 7) is 3.88. The highest BCUT2D eigenvalue weighted by Crippen LogP contribution is 2.80. The molecule has 19 heteroatoms. The lowest BCUT2D eigenvalue weighted by Gasteiger charge is -2.40. The van der Waals surface area contributed by atoms with Crippen molar-refractivity contribution >= 4 is 30.4 Å². The Labute approximate surface area is 218 Å². The molecule has 0 bridgehead atoms. The van der Waals surface area contributed by atoms with Crippen LogP contribution in [-0.4, -0.2) is 99.6 Å². The average molecular weight is 620 g/mol. The third-order valence-corrected chi connectivity index (χ3v) is 14.7. The minimum Gasteiger partial charge on any atom is -0.367 e. The molecule has 0 spiro atoms. The molecule has 8 N–H and O–H groups in total. The Morgan fingerprint density at radius 2 is 1.00 bits per heavy atom. The zero-order valence-electron chi connectivity index (χ0n) is 21.8. The van der Waals surface area contributed by atoms with Crippen molar-refractivity contribution in [3.63, 3.8) is 0 Å². The van der Waals surface area contributed by atoms with Crippen LogP contribution in [-0.2, 0) is 22.8 Å². The van der Waals surface area contributed by atoms with Gasteiger partial charge in [-0.25, -0.2) is 0 Å². The molecule has 0 saturated heterocycles. The van der Waals surface area contributed by atoms with Gasteiger partial charge in [0, 0.05) is 25.9 Å². The largest absolute Gasteiger partial charge is 0.373 e. The Morgan fingerprint density at radius 3 is 1.32 bits per heavy atom. The summed E-state index contributed by atoms with van der Waals surface area (Å²) in [6, 6.07) is 0. The molecule has 0 aliphatic heterocycles. The maximum atomic E-state index is 13.2. The maximum absolute atomic E-state index is 13.2. The predicted molar refractivity (Wildman–Crippen MR) is 138 cm³/mol. The summed E-state index contributed by atoms with van der Waals surface area (Å²) in [5, 5.41) is 2.92. The van der Waals surface area contributed by atoms with E-state index in [2.05, 4.69) is 4.52 Å². The molecule has 15 nitrogen and oxygen atoms in total. The summed E-state index contributed by atoms with van der Waals surface area (Å²) in [7, 11) is -21.4. The van der Waals surface area contributed by atoms with Crippen molar-refractivity contribution < 1.29 is 62.1 Å². The predicted octanol–water partition coefficient (Wildman–Crippen LogP) is 2.05. The van der Waals surface area contributed by atoms with Crippen LogP contribution in [0.15, 0.2) is 0 Å². The van der Waals surface area contributed by atoms with E-state index in [1.54, 1.807) is 0 Å². The first-order valence-electron chi connectivity index (χ1n) is 11.9. The van der Waals surface area contributed by atoms with Gasteiger partial charge in [-0.15, -0.1) is 0 Å².